The van der Waals surface area contributed by atoms with E-state index >= 15 is 0 Å². The number of imidazole rings is 1. The molecule has 0 fully saturated rings. The highest BCUT2D eigenvalue weighted by molar-refractivity contribution is 7.01. The number of benzene rings is 5. The summed E-state index contributed by atoms with van der Waals surface area (Å²) in [6.07, 6.45) is 5.72. The lowest BCUT2D eigenvalue weighted by molar-refractivity contribution is 0.483. The molecular formula is C40H28N4O2Si. The monoisotopic (exact) mass is 624 g/mol. The predicted molar refractivity (Wildman–Crippen MR) is 192 cm³/mol. The van der Waals surface area contributed by atoms with Crippen LogP contribution in [-0.4, -0.2) is 27.0 Å². The molecule has 0 amide bonds. The van der Waals surface area contributed by atoms with Crippen molar-refractivity contribution in [3.8, 4) is 28.7 Å². The summed E-state index contributed by atoms with van der Waals surface area (Å²) in [5, 5.41) is 8.19. The third-order valence-corrected chi connectivity index (χ3v) is 13.2. The van der Waals surface area contributed by atoms with E-state index in [1.54, 1.807) is 0 Å². The molecule has 0 radical (unpaired) electrons. The van der Waals surface area contributed by atoms with Gasteiger partial charge in [-0.3, -0.25) is 8.97 Å². The standard InChI is InChI=1S/C40H28N4O2Si/c1-47(2)37-15-6-5-14-35(37)46-36-23-31-30-12-8-18-41-40(30)44(34(31)24-38(36)47)25-9-7-10-26(21-25)45-27-16-17-28-29-11-3-4-13-33(29)43-20-19-42-39(43)32(28)22-27/h3-24H,1-2H3. The van der Waals surface area contributed by atoms with Gasteiger partial charge in [-0.1, -0.05) is 55.6 Å². The maximum Gasteiger partial charge on any atom is 0.145 e. The fourth-order valence-electron chi connectivity index (χ4n) is 7.48. The molecule has 1 aliphatic heterocycles. The van der Waals surface area contributed by atoms with Gasteiger partial charge in [-0.25, -0.2) is 9.97 Å². The van der Waals surface area contributed by atoms with Crippen molar-refractivity contribution in [2.75, 3.05) is 0 Å². The van der Waals surface area contributed by atoms with E-state index in [-0.39, 0.29) is 0 Å². The van der Waals surface area contributed by atoms with E-state index in [0.717, 1.165) is 72.6 Å². The van der Waals surface area contributed by atoms with Gasteiger partial charge in [0.15, 0.2) is 0 Å². The van der Waals surface area contributed by atoms with Crippen LogP contribution in [0.5, 0.6) is 23.0 Å². The number of ether oxygens (including phenoxy) is 2. The molecule has 5 heterocycles. The summed E-state index contributed by atoms with van der Waals surface area (Å²) in [4.78, 5) is 9.57. The molecule has 4 aromatic heterocycles. The maximum atomic E-state index is 6.57. The Kier molecular flexibility index (Phi) is 5.34. The second kappa shape index (κ2) is 9.54. The Hall–Kier alpha value is -5.92. The quantitative estimate of drug-likeness (QED) is 0.146. The first-order chi connectivity index (χ1) is 23.0. The molecule has 47 heavy (non-hydrogen) atoms. The lowest BCUT2D eigenvalue weighted by atomic mass is 10.1. The minimum atomic E-state index is -2.03. The van der Waals surface area contributed by atoms with E-state index < -0.39 is 8.07 Å². The van der Waals surface area contributed by atoms with Crippen molar-refractivity contribution in [2.45, 2.75) is 13.1 Å². The zero-order valence-electron chi connectivity index (χ0n) is 25.8. The SMILES string of the molecule is C[Si]1(C)c2ccccc2Oc2cc3c4cccnc4n(-c4cccc(Oc5ccc6c7ccccc7n7ccnc7c6c5)c4)c3cc21. The van der Waals surface area contributed by atoms with Crippen molar-refractivity contribution in [3.05, 3.63) is 134 Å². The molecule has 0 saturated heterocycles. The van der Waals surface area contributed by atoms with Gasteiger partial charge in [0, 0.05) is 46.2 Å². The Morgan fingerprint density at radius 2 is 1.40 bits per heavy atom. The molecule has 9 aromatic rings. The number of hydrogen-bond donors (Lipinski definition) is 0. The highest BCUT2D eigenvalue weighted by Gasteiger charge is 2.37. The molecule has 0 spiro atoms. The first-order valence-electron chi connectivity index (χ1n) is 15.8. The molecule has 0 aliphatic carbocycles. The van der Waals surface area contributed by atoms with Crippen LogP contribution in [0.15, 0.2) is 134 Å². The maximum absolute atomic E-state index is 6.57. The molecule has 10 rings (SSSR count). The van der Waals surface area contributed by atoms with Gasteiger partial charge in [-0.05, 0) is 82.5 Å². The minimum Gasteiger partial charge on any atom is -0.458 e. The summed E-state index contributed by atoms with van der Waals surface area (Å²) in [5.74, 6) is 3.42. The average Bonchev–Trinajstić information content (AvgIpc) is 3.72. The first-order valence-corrected chi connectivity index (χ1v) is 18.8. The first kappa shape index (κ1) is 26.3. The van der Waals surface area contributed by atoms with Gasteiger partial charge in [0.1, 0.15) is 42.4 Å². The van der Waals surface area contributed by atoms with E-state index in [4.69, 9.17) is 19.4 Å². The molecule has 6 nitrogen and oxygen atoms in total. The lowest BCUT2D eigenvalue weighted by Gasteiger charge is -2.33. The van der Waals surface area contributed by atoms with Crippen molar-refractivity contribution < 1.29 is 9.47 Å². The van der Waals surface area contributed by atoms with Crippen molar-refractivity contribution >= 4 is 67.7 Å². The van der Waals surface area contributed by atoms with Gasteiger partial charge >= 0.3 is 0 Å². The Labute approximate surface area is 271 Å². The molecule has 0 unspecified atom stereocenters. The van der Waals surface area contributed by atoms with Gasteiger partial charge in [-0.2, -0.15) is 0 Å². The van der Waals surface area contributed by atoms with E-state index in [1.165, 1.54) is 15.8 Å². The molecule has 0 saturated carbocycles. The van der Waals surface area contributed by atoms with Crippen LogP contribution in [0, 0.1) is 0 Å². The van der Waals surface area contributed by atoms with Crippen LogP contribution in [0.4, 0.5) is 0 Å². The summed E-state index contributed by atoms with van der Waals surface area (Å²) in [6, 6.07) is 40.1. The van der Waals surface area contributed by atoms with E-state index in [0.29, 0.717) is 0 Å². The molecule has 0 bridgehead atoms. The van der Waals surface area contributed by atoms with E-state index in [9.17, 15) is 0 Å². The smallest absolute Gasteiger partial charge is 0.145 e. The van der Waals surface area contributed by atoms with Gasteiger partial charge in [-0.15, -0.1) is 0 Å². The predicted octanol–water partition coefficient (Wildman–Crippen LogP) is 8.85. The molecule has 1 aliphatic rings. The minimum absolute atomic E-state index is 0.748. The zero-order valence-corrected chi connectivity index (χ0v) is 26.8. The number of aromatic nitrogens is 4. The van der Waals surface area contributed by atoms with Crippen molar-refractivity contribution in [1.82, 2.24) is 18.9 Å². The Morgan fingerprint density at radius 3 is 2.36 bits per heavy atom. The third kappa shape index (κ3) is 3.77. The fourth-order valence-corrected chi connectivity index (χ4v) is 10.3. The number of hydrogen-bond acceptors (Lipinski definition) is 4. The molecular weight excluding hydrogens is 597 g/mol. The van der Waals surface area contributed by atoms with E-state index in [2.05, 4.69) is 113 Å². The molecule has 5 aromatic carbocycles. The fraction of sp³-hybridized carbons (Fsp3) is 0.0500. The zero-order chi connectivity index (χ0) is 31.3. The highest BCUT2D eigenvalue weighted by atomic mass is 28.3. The summed E-state index contributed by atoms with van der Waals surface area (Å²) in [6.45, 7) is 4.81. The molecule has 7 heteroatoms. The second-order valence-corrected chi connectivity index (χ2v) is 17.1. The summed E-state index contributed by atoms with van der Waals surface area (Å²) in [7, 11) is -2.03. The summed E-state index contributed by atoms with van der Waals surface area (Å²) < 4.78 is 17.5. The van der Waals surface area contributed by atoms with Crippen LogP contribution in [0.3, 0.4) is 0 Å². The topological polar surface area (TPSA) is 53.6 Å². The van der Waals surface area contributed by atoms with Crippen LogP contribution < -0.4 is 19.8 Å². The number of para-hydroxylation sites is 2. The third-order valence-electron chi connectivity index (χ3n) is 9.72. The Balaban J connectivity index is 1.11. The van der Waals surface area contributed by atoms with Crippen LogP contribution >= 0.6 is 0 Å². The van der Waals surface area contributed by atoms with Gasteiger partial charge < -0.3 is 9.47 Å². The molecule has 0 atom stereocenters. The largest absolute Gasteiger partial charge is 0.458 e. The van der Waals surface area contributed by atoms with E-state index in [1.807, 2.05) is 42.9 Å². The van der Waals surface area contributed by atoms with Crippen LogP contribution in [-0.2, 0) is 0 Å². The number of pyridine rings is 2. The normalized spacial score (nSPS) is 13.7. The van der Waals surface area contributed by atoms with Crippen molar-refractivity contribution in [3.63, 3.8) is 0 Å². The molecule has 224 valence electrons. The number of nitrogens with zero attached hydrogens (tertiary/aromatic N) is 4. The van der Waals surface area contributed by atoms with Gasteiger partial charge in [0.25, 0.3) is 0 Å². The Bertz CT molecular complexity index is 2740. The highest BCUT2D eigenvalue weighted by Crippen LogP contribution is 2.38. The van der Waals surface area contributed by atoms with Crippen LogP contribution in [0.1, 0.15) is 0 Å². The van der Waals surface area contributed by atoms with Gasteiger partial charge in [0.05, 0.1) is 16.7 Å². The van der Waals surface area contributed by atoms with Gasteiger partial charge in [0.2, 0.25) is 0 Å². The van der Waals surface area contributed by atoms with Crippen molar-refractivity contribution in [2.24, 2.45) is 0 Å². The van der Waals surface area contributed by atoms with Crippen LogP contribution in [0.2, 0.25) is 13.1 Å². The number of rotatable bonds is 3. The summed E-state index contributed by atoms with van der Waals surface area (Å²) >= 11 is 0. The van der Waals surface area contributed by atoms with Crippen molar-refractivity contribution in [1.29, 1.82) is 0 Å². The number of fused-ring (bicyclic) bond motifs is 11. The average molecular weight is 625 g/mol. The van der Waals surface area contributed by atoms with Crippen LogP contribution in [0.25, 0.3) is 54.9 Å². The second-order valence-electron chi connectivity index (χ2n) is 12.7. The Morgan fingerprint density at radius 1 is 0.574 bits per heavy atom. The lowest BCUT2D eigenvalue weighted by Crippen LogP contribution is -2.55. The summed E-state index contributed by atoms with van der Waals surface area (Å²) in [5.41, 5.74) is 5.04. The molecule has 0 N–H and O–H groups in total.